The summed E-state index contributed by atoms with van der Waals surface area (Å²) in [5.74, 6) is -1.76. The normalized spacial score (nSPS) is 13.7. The first-order valence-corrected chi connectivity index (χ1v) is 27.9. The molecule has 2 atom stereocenters. The summed E-state index contributed by atoms with van der Waals surface area (Å²) in [5, 5.41) is 11.7. The van der Waals surface area contributed by atoms with Crippen molar-refractivity contribution in [1.82, 2.24) is 0 Å². The number of aliphatic carboxylic acids is 1. The van der Waals surface area contributed by atoms with Crippen LogP contribution in [0, 0.1) is 0 Å². The van der Waals surface area contributed by atoms with Crippen LogP contribution in [0.4, 0.5) is 0 Å². The van der Waals surface area contributed by atoms with E-state index in [4.69, 9.17) is 14.2 Å². The molecule has 0 bridgehead atoms. The van der Waals surface area contributed by atoms with Crippen molar-refractivity contribution in [2.24, 2.45) is 0 Å². The Morgan fingerprint density at radius 3 is 1.11 bits per heavy atom. The molecule has 0 heterocycles. The van der Waals surface area contributed by atoms with Gasteiger partial charge in [0.1, 0.15) is 12.6 Å². The maximum Gasteiger partial charge on any atom is 0.306 e. The molecule has 0 aromatic rings. The number of ether oxygens (including phenoxy) is 3. The Balaban J connectivity index is 4.24. The largest absolute Gasteiger partial charge is 0.544 e. The molecule has 0 aliphatic heterocycles. The molecule has 2 unspecified atom stereocenters. The third-order valence-electron chi connectivity index (χ3n) is 11.9. The van der Waals surface area contributed by atoms with Crippen LogP contribution < -0.4 is 5.11 Å². The minimum absolute atomic E-state index is 0.0286. The van der Waals surface area contributed by atoms with Gasteiger partial charge in [0.25, 0.3) is 0 Å². The summed E-state index contributed by atoms with van der Waals surface area (Å²) in [5.41, 5.74) is 0. The molecule has 0 N–H and O–H groups in total. The van der Waals surface area contributed by atoms with Crippen LogP contribution in [-0.4, -0.2) is 75.5 Å². The second-order valence-corrected chi connectivity index (χ2v) is 19.4. The van der Waals surface area contributed by atoms with Gasteiger partial charge in [-0.3, -0.25) is 9.59 Å². The number of rotatable bonds is 49. The SMILES string of the molecule is CC/C=C/C/C=C/C/C=C/C/C=C/C/C=C/CCCCCCCCCC(=O)OC(COCCC(C(=O)[O-])[N+](C)(C)C)COC(=O)CCCCCCCCCCCC/C=C/C/C=C/C/C=C/C/C=C/CC. The Kier molecular flexibility index (Phi) is 48.4. The Morgan fingerprint density at radius 2 is 0.757 bits per heavy atom. The van der Waals surface area contributed by atoms with E-state index < -0.39 is 18.1 Å². The van der Waals surface area contributed by atoms with Crippen LogP contribution in [0.5, 0.6) is 0 Å². The lowest BCUT2D eigenvalue weighted by Crippen LogP contribution is -2.55. The molecule has 0 rings (SSSR count). The van der Waals surface area contributed by atoms with Gasteiger partial charge < -0.3 is 28.6 Å². The average Bonchev–Trinajstić information content (AvgIpc) is 3.33. The molecular weight excluding hydrogens is 871 g/mol. The van der Waals surface area contributed by atoms with Crippen molar-refractivity contribution >= 4 is 17.9 Å². The van der Waals surface area contributed by atoms with Crippen LogP contribution in [0.1, 0.15) is 213 Å². The lowest BCUT2D eigenvalue weighted by atomic mass is 10.1. The highest BCUT2D eigenvalue weighted by atomic mass is 16.6. The summed E-state index contributed by atoms with van der Waals surface area (Å²) in [4.78, 5) is 37.2. The van der Waals surface area contributed by atoms with Gasteiger partial charge in [0.05, 0.1) is 40.3 Å². The first-order chi connectivity index (χ1) is 34.1. The average molecular weight is 975 g/mol. The highest BCUT2D eigenvalue weighted by molar-refractivity contribution is 5.70. The number of esters is 2. The topological polar surface area (TPSA) is 102 Å². The molecule has 0 aromatic heterocycles. The van der Waals surface area contributed by atoms with Crippen LogP contribution in [0.25, 0.3) is 0 Å². The summed E-state index contributed by atoms with van der Waals surface area (Å²) < 4.78 is 17.3. The predicted molar refractivity (Wildman–Crippen MR) is 295 cm³/mol. The Bertz CT molecular complexity index is 1510. The van der Waals surface area contributed by atoms with Crippen LogP contribution in [0.2, 0.25) is 0 Å². The van der Waals surface area contributed by atoms with Gasteiger partial charge in [0, 0.05) is 19.3 Å². The number of carboxylic acid groups (broad SMARTS) is 1. The van der Waals surface area contributed by atoms with Crippen molar-refractivity contribution in [1.29, 1.82) is 0 Å². The molecule has 8 heteroatoms. The van der Waals surface area contributed by atoms with Gasteiger partial charge >= 0.3 is 11.9 Å². The Morgan fingerprint density at radius 1 is 0.429 bits per heavy atom. The van der Waals surface area contributed by atoms with E-state index in [1.165, 1.54) is 70.6 Å². The summed E-state index contributed by atoms with van der Waals surface area (Å²) in [6.45, 7) is 4.42. The highest BCUT2D eigenvalue weighted by Gasteiger charge is 2.25. The molecule has 0 aliphatic rings. The molecule has 0 spiro atoms. The summed E-state index contributed by atoms with van der Waals surface area (Å²) in [6.07, 6.45) is 71.2. The summed E-state index contributed by atoms with van der Waals surface area (Å²) in [6, 6.07) is -0.736. The Labute approximate surface area is 429 Å². The van der Waals surface area contributed by atoms with E-state index in [-0.39, 0.29) is 42.7 Å². The minimum atomic E-state index is -1.13. The van der Waals surface area contributed by atoms with Gasteiger partial charge in [-0.15, -0.1) is 0 Å². The van der Waals surface area contributed by atoms with E-state index >= 15 is 0 Å². The third kappa shape index (κ3) is 49.0. The summed E-state index contributed by atoms with van der Waals surface area (Å²) >= 11 is 0. The van der Waals surface area contributed by atoms with Gasteiger partial charge in [0.2, 0.25) is 0 Å². The van der Waals surface area contributed by atoms with E-state index in [0.29, 0.717) is 12.8 Å². The van der Waals surface area contributed by atoms with Crippen LogP contribution in [0.15, 0.2) is 109 Å². The number of allylic oxidation sites excluding steroid dienone is 18. The number of carboxylic acids is 1. The third-order valence-corrected chi connectivity index (χ3v) is 11.9. The number of carbonyl (C=O) groups is 3. The lowest BCUT2D eigenvalue weighted by molar-refractivity contribution is -0.889. The molecular formula is C62H103NO7. The number of unbranched alkanes of at least 4 members (excludes halogenated alkanes) is 17. The fourth-order valence-electron chi connectivity index (χ4n) is 7.68. The van der Waals surface area contributed by atoms with Crippen LogP contribution >= 0.6 is 0 Å². The number of hydrogen-bond acceptors (Lipinski definition) is 7. The molecule has 0 radical (unpaired) electrons. The van der Waals surface area contributed by atoms with Crippen molar-refractivity contribution in [3.8, 4) is 0 Å². The van der Waals surface area contributed by atoms with E-state index in [1.54, 1.807) is 21.1 Å². The van der Waals surface area contributed by atoms with Gasteiger partial charge in [0.15, 0.2) is 6.10 Å². The van der Waals surface area contributed by atoms with Gasteiger partial charge in [-0.1, -0.05) is 207 Å². The van der Waals surface area contributed by atoms with Crippen molar-refractivity contribution in [2.45, 2.75) is 225 Å². The van der Waals surface area contributed by atoms with E-state index in [1.807, 2.05) is 0 Å². The van der Waals surface area contributed by atoms with Crippen molar-refractivity contribution in [3.05, 3.63) is 109 Å². The minimum Gasteiger partial charge on any atom is -0.544 e. The van der Waals surface area contributed by atoms with E-state index in [9.17, 15) is 19.5 Å². The molecule has 0 saturated carbocycles. The standard InChI is InChI=1S/C62H103NO7/c1-6-8-10-12-14-16-18-20-22-24-26-28-30-32-34-36-38-40-42-44-46-48-50-52-60(64)69-57-58(56-68-55-54-59(62(66)67)63(3,4)5)70-61(65)53-51-49-47-45-43-41-39-37-35-33-31-29-27-25-23-21-19-17-15-13-11-9-7-2/h8-11,14-17,20-23,26-29,33,35,58-59H,6-7,12-13,18-19,24-25,30-32,34,36-57H2,1-5H3/b10-8+,11-9+,16-14+,17-15+,22-20+,23-21+,28-26+,29-27+,35-33+. The zero-order valence-corrected chi connectivity index (χ0v) is 45.4. The molecule has 0 aromatic carbocycles. The molecule has 8 nitrogen and oxygen atoms in total. The number of likely N-dealkylation sites (N-methyl/N-ethyl adjacent to an activating group) is 1. The van der Waals surface area contributed by atoms with E-state index in [2.05, 4.69) is 123 Å². The first-order valence-electron chi connectivity index (χ1n) is 27.9. The fourth-order valence-corrected chi connectivity index (χ4v) is 7.68. The van der Waals surface area contributed by atoms with Crippen molar-refractivity contribution in [3.63, 3.8) is 0 Å². The fraction of sp³-hybridized carbons (Fsp3) is 0.661. The number of quaternary nitrogens is 1. The molecule has 0 aliphatic carbocycles. The Hall–Kier alpha value is -4.01. The van der Waals surface area contributed by atoms with Gasteiger partial charge in [-0.25, -0.2) is 0 Å². The first kappa shape index (κ1) is 66.0. The zero-order chi connectivity index (χ0) is 51.3. The maximum absolute atomic E-state index is 12.8. The molecule has 0 saturated heterocycles. The maximum atomic E-state index is 12.8. The van der Waals surface area contributed by atoms with Gasteiger partial charge in [-0.05, 0) is 96.3 Å². The number of nitrogens with zero attached hydrogens (tertiary/aromatic N) is 1. The second-order valence-electron chi connectivity index (χ2n) is 19.4. The quantitative estimate of drug-likeness (QED) is 0.0259. The molecule has 0 amide bonds. The number of hydrogen-bond donors (Lipinski definition) is 0. The lowest BCUT2D eigenvalue weighted by Gasteiger charge is -2.34. The van der Waals surface area contributed by atoms with Crippen LogP contribution in [-0.2, 0) is 28.6 Å². The molecule has 70 heavy (non-hydrogen) atoms. The highest BCUT2D eigenvalue weighted by Crippen LogP contribution is 2.15. The summed E-state index contributed by atoms with van der Waals surface area (Å²) in [7, 11) is 5.41. The molecule has 398 valence electrons. The van der Waals surface area contributed by atoms with Gasteiger partial charge in [-0.2, -0.15) is 0 Å². The monoisotopic (exact) mass is 974 g/mol. The van der Waals surface area contributed by atoms with Crippen molar-refractivity contribution < 1.29 is 38.2 Å². The zero-order valence-electron chi connectivity index (χ0n) is 45.4. The second kappa shape index (κ2) is 51.3. The predicted octanol–water partition coefficient (Wildman–Crippen LogP) is 15.4. The molecule has 0 fully saturated rings. The van der Waals surface area contributed by atoms with Crippen molar-refractivity contribution in [2.75, 3.05) is 41.0 Å². The smallest absolute Gasteiger partial charge is 0.306 e. The van der Waals surface area contributed by atoms with Crippen LogP contribution in [0.3, 0.4) is 0 Å². The van der Waals surface area contributed by atoms with E-state index in [0.717, 1.165) is 109 Å². The number of carbonyl (C=O) groups excluding carboxylic acids is 3.